The van der Waals surface area contributed by atoms with E-state index in [0.29, 0.717) is 17.1 Å². The second-order valence-electron chi connectivity index (χ2n) is 5.81. The van der Waals surface area contributed by atoms with Gasteiger partial charge in [-0.15, -0.1) is 11.3 Å². The number of nitrogens with zero attached hydrogens (tertiary/aromatic N) is 4. The zero-order valence-electron chi connectivity index (χ0n) is 14.7. The van der Waals surface area contributed by atoms with Crippen molar-refractivity contribution in [1.82, 2.24) is 19.7 Å². The number of carbonyl (C=O) groups is 1. The van der Waals surface area contributed by atoms with Crippen molar-refractivity contribution in [3.8, 4) is 17.1 Å². The van der Waals surface area contributed by atoms with Crippen LogP contribution in [-0.2, 0) is 6.42 Å². The van der Waals surface area contributed by atoms with Gasteiger partial charge in [0.2, 0.25) is 0 Å². The second-order valence-corrected chi connectivity index (χ2v) is 6.67. The normalized spacial score (nSPS) is 10.7. The molecule has 0 saturated carbocycles. The average Bonchev–Trinajstić information content (AvgIpc) is 3.36. The van der Waals surface area contributed by atoms with Crippen molar-refractivity contribution in [3.63, 3.8) is 0 Å². The molecule has 1 N–H and O–H groups in total. The lowest BCUT2D eigenvalue weighted by Crippen LogP contribution is -2.14. The maximum Gasteiger partial charge on any atom is 0.260 e. The molecule has 4 rings (SSSR count). The number of rotatable bonds is 5. The van der Waals surface area contributed by atoms with Gasteiger partial charge < -0.3 is 0 Å². The van der Waals surface area contributed by atoms with Gasteiger partial charge in [-0.25, -0.2) is 9.67 Å². The minimum absolute atomic E-state index is 0.212. The number of thiazole rings is 1. The number of carbonyl (C=O) groups excluding carboxylic acids is 1. The predicted molar refractivity (Wildman–Crippen MR) is 106 cm³/mol. The van der Waals surface area contributed by atoms with Gasteiger partial charge in [-0.1, -0.05) is 31.2 Å². The molecule has 134 valence electrons. The van der Waals surface area contributed by atoms with Crippen LogP contribution in [0.2, 0.25) is 0 Å². The second kappa shape index (κ2) is 7.51. The van der Waals surface area contributed by atoms with Crippen LogP contribution in [0.1, 0.15) is 23.0 Å². The Labute approximate surface area is 160 Å². The highest BCUT2D eigenvalue weighted by molar-refractivity contribution is 7.14. The molecule has 0 saturated heterocycles. The smallest absolute Gasteiger partial charge is 0.260 e. The molecule has 0 aliphatic heterocycles. The molecule has 27 heavy (non-hydrogen) atoms. The molecule has 7 heteroatoms. The molecule has 3 heterocycles. The van der Waals surface area contributed by atoms with E-state index in [9.17, 15) is 4.79 Å². The summed E-state index contributed by atoms with van der Waals surface area (Å²) in [6.07, 6.45) is 4.02. The molecule has 0 aliphatic carbocycles. The summed E-state index contributed by atoms with van der Waals surface area (Å²) >= 11 is 1.37. The number of pyridine rings is 1. The van der Waals surface area contributed by atoms with E-state index in [0.717, 1.165) is 22.8 Å². The van der Waals surface area contributed by atoms with Crippen LogP contribution in [0.5, 0.6) is 0 Å². The number of aromatic nitrogens is 4. The van der Waals surface area contributed by atoms with Crippen LogP contribution >= 0.6 is 11.3 Å². The number of amides is 1. The molecule has 0 spiro atoms. The summed E-state index contributed by atoms with van der Waals surface area (Å²) in [6.45, 7) is 2.01. The van der Waals surface area contributed by atoms with Crippen LogP contribution in [0.4, 0.5) is 5.13 Å². The van der Waals surface area contributed by atoms with E-state index in [1.54, 1.807) is 17.1 Å². The van der Waals surface area contributed by atoms with Gasteiger partial charge in [0, 0.05) is 11.6 Å². The van der Waals surface area contributed by atoms with Crippen molar-refractivity contribution in [2.45, 2.75) is 13.3 Å². The summed E-state index contributed by atoms with van der Waals surface area (Å²) in [4.78, 5) is 21.5. The molecule has 0 unspecified atom stereocenters. The highest BCUT2D eigenvalue weighted by atomic mass is 32.1. The van der Waals surface area contributed by atoms with E-state index < -0.39 is 0 Å². The number of para-hydroxylation sites is 1. The number of anilines is 1. The van der Waals surface area contributed by atoms with E-state index in [1.807, 2.05) is 60.8 Å². The third-order valence-corrected chi connectivity index (χ3v) is 4.86. The van der Waals surface area contributed by atoms with Gasteiger partial charge in [0.1, 0.15) is 5.69 Å². The standard InChI is InChI=1S/C20H17N5OS/c1-2-18-15(12-22-25(18)14-8-4-3-5-9-14)19(26)24-20-23-17(13-27-20)16-10-6-7-11-21-16/h3-13H,2H2,1H3,(H,23,24,26). The summed E-state index contributed by atoms with van der Waals surface area (Å²) in [5, 5.41) is 9.70. The van der Waals surface area contributed by atoms with Gasteiger partial charge in [-0.2, -0.15) is 5.10 Å². The third-order valence-electron chi connectivity index (χ3n) is 4.10. The molecule has 3 aromatic heterocycles. The first-order chi connectivity index (χ1) is 13.3. The fraction of sp³-hybridized carbons (Fsp3) is 0.100. The quantitative estimate of drug-likeness (QED) is 0.567. The maximum absolute atomic E-state index is 12.8. The Bertz CT molecular complexity index is 1060. The third kappa shape index (κ3) is 3.50. The summed E-state index contributed by atoms with van der Waals surface area (Å²) in [5.41, 5.74) is 3.86. The molecule has 4 aromatic rings. The fourth-order valence-electron chi connectivity index (χ4n) is 2.82. The topological polar surface area (TPSA) is 72.7 Å². The van der Waals surface area contributed by atoms with Crippen molar-refractivity contribution < 1.29 is 4.79 Å². The minimum atomic E-state index is -0.212. The molecule has 0 atom stereocenters. The Hall–Kier alpha value is -3.32. The van der Waals surface area contributed by atoms with Gasteiger partial charge in [-0.3, -0.25) is 15.1 Å². The first kappa shape index (κ1) is 17.1. The molecule has 1 aromatic carbocycles. The lowest BCUT2D eigenvalue weighted by molar-refractivity contribution is 0.102. The van der Waals surface area contributed by atoms with Gasteiger partial charge >= 0.3 is 0 Å². The molecule has 1 amide bonds. The van der Waals surface area contributed by atoms with Gasteiger partial charge in [0.15, 0.2) is 5.13 Å². The summed E-state index contributed by atoms with van der Waals surface area (Å²) in [5.74, 6) is -0.212. The van der Waals surface area contributed by atoms with Crippen molar-refractivity contribution in [3.05, 3.63) is 77.6 Å². The van der Waals surface area contributed by atoms with Gasteiger partial charge in [-0.05, 0) is 30.7 Å². The van der Waals surface area contributed by atoms with Gasteiger partial charge in [0.05, 0.1) is 28.8 Å². The van der Waals surface area contributed by atoms with Crippen molar-refractivity contribution in [1.29, 1.82) is 0 Å². The van der Waals surface area contributed by atoms with Crippen LogP contribution in [0.15, 0.2) is 66.3 Å². The largest absolute Gasteiger partial charge is 0.298 e. The molecular weight excluding hydrogens is 358 g/mol. The fourth-order valence-corrected chi connectivity index (χ4v) is 3.52. The molecule has 0 radical (unpaired) electrons. The van der Waals surface area contributed by atoms with E-state index in [2.05, 4.69) is 20.4 Å². The van der Waals surface area contributed by atoms with E-state index in [1.165, 1.54) is 11.3 Å². The highest BCUT2D eigenvalue weighted by Gasteiger charge is 2.18. The monoisotopic (exact) mass is 375 g/mol. The SMILES string of the molecule is CCc1c(C(=O)Nc2nc(-c3ccccn3)cs2)cnn1-c1ccccc1. The summed E-state index contributed by atoms with van der Waals surface area (Å²) in [6, 6.07) is 15.4. The lowest BCUT2D eigenvalue weighted by atomic mass is 10.2. The summed E-state index contributed by atoms with van der Waals surface area (Å²) < 4.78 is 1.80. The molecular formula is C20H17N5OS. The zero-order valence-corrected chi connectivity index (χ0v) is 15.5. The van der Waals surface area contributed by atoms with E-state index >= 15 is 0 Å². The van der Waals surface area contributed by atoms with E-state index in [4.69, 9.17) is 0 Å². The highest BCUT2D eigenvalue weighted by Crippen LogP contribution is 2.24. The minimum Gasteiger partial charge on any atom is -0.298 e. The first-order valence-electron chi connectivity index (χ1n) is 8.57. The van der Waals surface area contributed by atoms with Crippen LogP contribution < -0.4 is 5.32 Å². The van der Waals surface area contributed by atoms with Crippen LogP contribution in [-0.4, -0.2) is 25.7 Å². The van der Waals surface area contributed by atoms with Crippen molar-refractivity contribution in [2.24, 2.45) is 0 Å². The molecule has 0 bridgehead atoms. The average molecular weight is 375 g/mol. The van der Waals surface area contributed by atoms with Gasteiger partial charge in [0.25, 0.3) is 5.91 Å². The zero-order chi connectivity index (χ0) is 18.6. The Kier molecular flexibility index (Phi) is 4.76. The predicted octanol–water partition coefficient (Wildman–Crippen LogP) is 4.21. The number of nitrogens with one attached hydrogen (secondary N) is 1. The van der Waals surface area contributed by atoms with Crippen LogP contribution in [0.3, 0.4) is 0 Å². The Morgan fingerprint density at radius 3 is 2.67 bits per heavy atom. The maximum atomic E-state index is 12.8. The lowest BCUT2D eigenvalue weighted by Gasteiger charge is -2.07. The molecule has 6 nitrogen and oxygen atoms in total. The Morgan fingerprint density at radius 2 is 1.93 bits per heavy atom. The number of benzene rings is 1. The molecule has 0 fully saturated rings. The van der Waals surface area contributed by atoms with Crippen LogP contribution in [0, 0.1) is 0 Å². The van der Waals surface area contributed by atoms with E-state index in [-0.39, 0.29) is 5.91 Å². The van der Waals surface area contributed by atoms with Crippen LogP contribution in [0.25, 0.3) is 17.1 Å². The molecule has 0 aliphatic rings. The Balaban J connectivity index is 1.57. The Morgan fingerprint density at radius 1 is 1.11 bits per heavy atom. The number of hydrogen-bond donors (Lipinski definition) is 1. The summed E-state index contributed by atoms with van der Waals surface area (Å²) in [7, 11) is 0. The van der Waals surface area contributed by atoms with Crippen molar-refractivity contribution in [2.75, 3.05) is 5.32 Å². The number of hydrogen-bond acceptors (Lipinski definition) is 5. The van der Waals surface area contributed by atoms with Crippen molar-refractivity contribution >= 4 is 22.4 Å². The first-order valence-corrected chi connectivity index (χ1v) is 9.45.